The fraction of sp³-hybridized carbons (Fsp3) is 0.565. The zero-order chi connectivity index (χ0) is 52.5. The Balaban J connectivity index is 1.28. The van der Waals surface area contributed by atoms with Crippen molar-refractivity contribution in [1.82, 2.24) is 0 Å². The molecule has 0 fully saturated rings. The predicted molar refractivity (Wildman–Crippen MR) is 318 cm³/mol. The molecule has 2 aliphatic rings. The number of rotatable bonds is 30. The van der Waals surface area contributed by atoms with Gasteiger partial charge in [-0.05, 0) is 169 Å². The quantitative estimate of drug-likeness (QED) is 0.0318. The minimum Gasteiger partial charge on any atom is -0.331 e. The lowest BCUT2D eigenvalue weighted by atomic mass is 9.69. The number of unbranched alkanes of at least 4 members (excludes halogenated alkanes) is 12. The summed E-state index contributed by atoms with van der Waals surface area (Å²) >= 11 is 0. The van der Waals surface area contributed by atoms with Gasteiger partial charge in [0.25, 0.3) is 0 Å². The first-order valence-corrected chi connectivity index (χ1v) is 29.4. The van der Waals surface area contributed by atoms with Gasteiger partial charge in [0.15, 0.2) is 0 Å². The fourth-order valence-electron chi connectivity index (χ4n) is 13.0. The predicted octanol–water partition coefficient (Wildman–Crippen LogP) is 16.5. The number of hydrogen-bond donors (Lipinski definition) is 0. The highest BCUT2D eigenvalue weighted by molar-refractivity contribution is 5.88. The van der Waals surface area contributed by atoms with E-state index < -0.39 is 0 Å². The van der Waals surface area contributed by atoms with Gasteiger partial charge in [-0.2, -0.15) is 0 Å². The summed E-state index contributed by atoms with van der Waals surface area (Å²) in [5.74, 6) is 0. The molecule has 5 aromatic carbocycles. The molecular weight excluding hydrogens is 885 g/mol. The highest BCUT2D eigenvalue weighted by Gasteiger charge is 2.44. The number of hydrogen-bond acceptors (Lipinski definition) is 0. The van der Waals surface area contributed by atoms with Crippen molar-refractivity contribution < 1.29 is 17.9 Å². The smallest absolute Gasteiger partial charge is 0.0780 e. The molecule has 0 saturated heterocycles. The molecule has 7 rings (SSSR count). The van der Waals surface area contributed by atoms with Crippen molar-refractivity contribution in [2.45, 2.75) is 146 Å². The van der Waals surface area contributed by atoms with Crippen molar-refractivity contribution in [3.05, 3.63) is 131 Å². The first-order valence-electron chi connectivity index (χ1n) is 29.4. The van der Waals surface area contributed by atoms with Crippen LogP contribution in [0.1, 0.15) is 156 Å². The lowest BCUT2D eigenvalue weighted by Gasteiger charge is -2.34. The summed E-state index contributed by atoms with van der Waals surface area (Å²) < 4.78 is 4.21. The number of aryl methyl sites for hydroxylation is 1. The van der Waals surface area contributed by atoms with Gasteiger partial charge in [0.2, 0.25) is 0 Å². The van der Waals surface area contributed by atoms with Gasteiger partial charge in [-0.15, -0.1) is 0 Å². The van der Waals surface area contributed by atoms with Crippen LogP contribution in [0.2, 0.25) is 0 Å². The largest absolute Gasteiger partial charge is 0.331 e. The summed E-state index contributed by atoms with van der Waals surface area (Å²) in [6.07, 6.45) is 25.7. The average molecular weight is 990 g/mol. The van der Waals surface area contributed by atoms with Gasteiger partial charge in [0.1, 0.15) is 0 Å². The third kappa shape index (κ3) is 15.1. The number of benzene rings is 5. The molecule has 2 aliphatic carbocycles. The van der Waals surface area contributed by atoms with E-state index >= 15 is 0 Å². The molecule has 0 atom stereocenters. The minimum atomic E-state index is -0.0178. The molecule has 4 nitrogen and oxygen atoms in total. The van der Waals surface area contributed by atoms with Crippen LogP contribution in [0.4, 0.5) is 0 Å². The second-order valence-electron chi connectivity index (χ2n) is 27.6. The van der Waals surface area contributed by atoms with E-state index in [0.717, 1.165) is 17.9 Å². The van der Waals surface area contributed by atoms with Crippen LogP contribution < -0.4 is 0 Å². The lowest BCUT2D eigenvalue weighted by molar-refractivity contribution is -0.870. The Kier molecular flexibility index (Phi) is 18.9. The Labute approximate surface area is 448 Å². The topological polar surface area (TPSA) is 0 Å². The van der Waals surface area contributed by atoms with E-state index in [4.69, 9.17) is 0 Å². The molecule has 0 aliphatic heterocycles. The van der Waals surface area contributed by atoms with Gasteiger partial charge >= 0.3 is 0 Å². The Morgan fingerprint density at radius 2 is 0.548 bits per heavy atom. The van der Waals surface area contributed by atoms with Crippen LogP contribution >= 0.6 is 0 Å². The summed E-state index contributed by atoms with van der Waals surface area (Å²) in [5, 5.41) is 0. The lowest BCUT2D eigenvalue weighted by Crippen LogP contribution is -2.35. The molecule has 0 amide bonds. The molecule has 0 spiro atoms. The van der Waals surface area contributed by atoms with Gasteiger partial charge in [-0.25, -0.2) is 0 Å². The number of quaternary nitrogens is 4. The fourth-order valence-corrected chi connectivity index (χ4v) is 13.0. The maximum absolute atomic E-state index is 2.71. The SMILES string of the molecule is Cc1ccc(-c2ccc3c(c2)C(CCCCCC[N+](C)(C)C)(CCCCCC[N+](C)(C)C)c2cc(-c4ccc5c(c4)C(CCCCCC[N+](C)(C)C)(CCCCCC[N+](C)(C)C)c4ccccc4-5)ccc2-3)cc1. The van der Waals surface area contributed by atoms with E-state index in [2.05, 4.69) is 195 Å². The summed E-state index contributed by atoms with van der Waals surface area (Å²) in [6.45, 7) is 7.20. The normalized spacial score (nSPS) is 14.8. The first kappa shape index (κ1) is 56.7. The Bertz CT molecular complexity index is 2480. The second-order valence-corrected chi connectivity index (χ2v) is 27.6. The van der Waals surface area contributed by atoms with Gasteiger partial charge in [0, 0.05) is 10.8 Å². The van der Waals surface area contributed by atoms with Crippen LogP contribution in [0.15, 0.2) is 103 Å². The van der Waals surface area contributed by atoms with E-state index in [1.165, 1.54) is 205 Å². The molecule has 0 saturated carbocycles. The van der Waals surface area contributed by atoms with Crippen molar-refractivity contribution in [2.24, 2.45) is 0 Å². The molecule has 396 valence electrons. The molecule has 0 unspecified atom stereocenters. The maximum Gasteiger partial charge on any atom is 0.0780 e. The number of fused-ring (bicyclic) bond motifs is 6. The molecule has 0 bridgehead atoms. The van der Waals surface area contributed by atoms with Crippen LogP contribution in [0.3, 0.4) is 0 Å². The van der Waals surface area contributed by atoms with Crippen molar-refractivity contribution >= 4 is 0 Å². The highest BCUT2D eigenvalue weighted by Crippen LogP contribution is 2.58. The van der Waals surface area contributed by atoms with E-state index in [1.807, 2.05) is 0 Å². The van der Waals surface area contributed by atoms with Crippen LogP contribution in [-0.4, -0.2) is 129 Å². The van der Waals surface area contributed by atoms with Crippen LogP contribution in [-0.2, 0) is 10.8 Å². The van der Waals surface area contributed by atoms with E-state index in [1.54, 1.807) is 22.3 Å². The zero-order valence-corrected chi connectivity index (χ0v) is 49.1. The van der Waals surface area contributed by atoms with Crippen molar-refractivity contribution in [3.8, 4) is 44.5 Å². The number of nitrogens with zero attached hydrogens (tertiary/aromatic N) is 4. The highest BCUT2D eigenvalue weighted by atomic mass is 15.3. The molecule has 0 heterocycles. The first-order chi connectivity index (χ1) is 34.6. The van der Waals surface area contributed by atoms with E-state index in [0.29, 0.717) is 0 Å². The minimum absolute atomic E-state index is 0.0178. The third-order valence-corrected chi connectivity index (χ3v) is 17.1. The van der Waals surface area contributed by atoms with Crippen molar-refractivity contribution in [2.75, 3.05) is 111 Å². The summed E-state index contributed by atoms with van der Waals surface area (Å²) in [4.78, 5) is 0. The molecule has 73 heavy (non-hydrogen) atoms. The molecule has 4 heteroatoms. The molecule has 0 aromatic heterocycles. The Morgan fingerprint density at radius 1 is 0.274 bits per heavy atom. The van der Waals surface area contributed by atoms with Crippen LogP contribution in [0, 0.1) is 6.92 Å². The van der Waals surface area contributed by atoms with Gasteiger partial charge in [-0.3, -0.25) is 0 Å². The average Bonchev–Trinajstić information content (AvgIpc) is 3.75. The molecule has 0 N–H and O–H groups in total. The van der Waals surface area contributed by atoms with Gasteiger partial charge in [-0.1, -0.05) is 142 Å². The van der Waals surface area contributed by atoms with Gasteiger partial charge in [0.05, 0.1) is 111 Å². The Morgan fingerprint density at radius 3 is 0.890 bits per heavy atom. The maximum atomic E-state index is 2.71. The van der Waals surface area contributed by atoms with E-state index in [-0.39, 0.29) is 10.8 Å². The zero-order valence-electron chi connectivity index (χ0n) is 49.1. The third-order valence-electron chi connectivity index (χ3n) is 17.1. The van der Waals surface area contributed by atoms with Crippen LogP contribution in [0.5, 0.6) is 0 Å². The Hall–Kier alpha value is -4.06. The monoisotopic (exact) mass is 989 g/mol. The van der Waals surface area contributed by atoms with Crippen molar-refractivity contribution in [1.29, 1.82) is 0 Å². The summed E-state index contributed by atoms with van der Waals surface area (Å²) in [5.41, 5.74) is 19.1. The van der Waals surface area contributed by atoms with Crippen molar-refractivity contribution in [3.63, 3.8) is 0 Å². The molecular formula is C69H104N4+4. The molecule has 5 aromatic rings. The molecule has 0 radical (unpaired) electrons. The standard InChI is InChI=1S/C69H104N4/c1-55-34-36-56(37-35-55)57-38-41-62-63-43-40-59(54-67(63)69(66(62)52-57,46-26-16-20-30-50-72(8,9)10)47-27-17-21-31-51-73(11,12)13)58-39-42-61-60-32-22-23-33-64(60)68(65(61)53-58,44-24-14-18-28-48-70(2,3)4)45-25-15-19-29-49-71(5,6)7/h22-23,32-43,52-54H,14-21,24-31,44-51H2,1-13H3/q+4. The second kappa shape index (κ2) is 24.3. The summed E-state index contributed by atoms with van der Waals surface area (Å²) in [6, 6.07) is 41.8. The summed E-state index contributed by atoms with van der Waals surface area (Å²) in [7, 11) is 28.1. The van der Waals surface area contributed by atoms with E-state index in [9.17, 15) is 0 Å². The van der Waals surface area contributed by atoms with Crippen LogP contribution in [0.25, 0.3) is 44.5 Å². The van der Waals surface area contributed by atoms with Gasteiger partial charge < -0.3 is 17.9 Å².